The average Bonchev–Trinajstić information content (AvgIpc) is 2.75. The molecule has 1 aromatic rings. The molecule has 0 saturated carbocycles. The third kappa shape index (κ3) is 2.41. The van der Waals surface area contributed by atoms with Crippen molar-refractivity contribution in [1.29, 1.82) is 0 Å². The Morgan fingerprint density at radius 1 is 1.47 bits per heavy atom. The highest BCUT2D eigenvalue weighted by molar-refractivity contribution is 7.89. The fourth-order valence-electron chi connectivity index (χ4n) is 2.19. The summed E-state index contributed by atoms with van der Waals surface area (Å²) in [5, 5.41) is 11.0. The van der Waals surface area contributed by atoms with Gasteiger partial charge in [-0.2, -0.15) is 4.31 Å². The van der Waals surface area contributed by atoms with Gasteiger partial charge in [0.05, 0.1) is 4.92 Å². The average molecular weight is 285 g/mol. The Labute approximate surface area is 111 Å². The molecule has 2 rings (SSSR count). The molecule has 1 unspecified atom stereocenters. The molecule has 1 aliphatic rings. The molecule has 0 aromatic heterocycles. The van der Waals surface area contributed by atoms with E-state index in [9.17, 15) is 18.5 Å². The molecule has 0 spiro atoms. The Hall–Kier alpha value is -1.67. The van der Waals surface area contributed by atoms with Crippen LogP contribution in [0, 0.1) is 16.0 Å². The van der Waals surface area contributed by atoms with Crippen LogP contribution < -0.4 is 5.73 Å². The molecule has 0 aliphatic carbocycles. The number of sulfonamides is 1. The molecule has 1 heterocycles. The predicted octanol–water partition coefficient (Wildman–Crippen LogP) is 1.21. The summed E-state index contributed by atoms with van der Waals surface area (Å²) in [7, 11) is -3.86. The second-order valence-corrected chi connectivity index (χ2v) is 6.61. The van der Waals surface area contributed by atoms with Gasteiger partial charge in [0.1, 0.15) is 5.69 Å². The standard InChI is InChI=1S/C11H15N3O4S/c1-8-5-6-13(7-8)19(17,18)10-4-2-3-9(12)11(10)14(15)16/h2-4,8H,5-7,12H2,1H3. The van der Waals surface area contributed by atoms with Gasteiger partial charge < -0.3 is 5.73 Å². The Balaban J connectivity index is 2.52. The minimum absolute atomic E-state index is 0.140. The van der Waals surface area contributed by atoms with Gasteiger partial charge in [-0.15, -0.1) is 0 Å². The van der Waals surface area contributed by atoms with Crippen LogP contribution >= 0.6 is 0 Å². The normalized spacial score (nSPS) is 20.6. The summed E-state index contributed by atoms with van der Waals surface area (Å²) in [5.41, 5.74) is 4.84. The minimum Gasteiger partial charge on any atom is -0.393 e. The van der Waals surface area contributed by atoms with E-state index in [-0.39, 0.29) is 16.5 Å². The molecule has 19 heavy (non-hydrogen) atoms. The lowest BCUT2D eigenvalue weighted by atomic mass is 10.2. The van der Waals surface area contributed by atoms with E-state index >= 15 is 0 Å². The Kier molecular flexibility index (Phi) is 3.46. The molecule has 0 bridgehead atoms. The summed E-state index contributed by atoms with van der Waals surface area (Å²) < 4.78 is 26.1. The van der Waals surface area contributed by atoms with Gasteiger partial charge in [0.15, 0.2) is 4.90 Å². The molecule has 1 atom stereocenters. The molecular weight excluding hydrogens is 270 g/mol. The van der Waals surface area contributed by atoms with Crippen LogP contribution in [0.4, 0.5) is 11.4 Å². The summed E-state index contributed by atoms with van der Waals surface area (Å²) in [4.78, 5) is 9.94. The van der Waals surface area contributed by atoms with E-state index in [2.05, 4.69) is 0 Å². The fourth-order valence-corrected chi connectivity index (χ4v) is 3.96. The molecule has 1 aliphatic heterocycles. The zero-order chi connectivity index (χ0) is 14.2. The SMILES string of the molecule is CC1CCN(S(=O)(=O)c2cccc(N)c2[N+](=O)[O-])C1. The largest absolute Gasteiger partial charge is 0.393 e. The van der Waals surface area contributed by atoms with E-state index in [4.69, 9.17) is 5.73 Å². The number of rotatable bonds is 3. The van der Waals surface area contributed by atoms with Crippen molar-refractivity contribution < 1.29 is 13.3 Å². The van der Waals surface area contributed by atoms with Crippen molar-refractivity contribution in [3.8, 4) is 0 Å². The Bertz CT molecular complexity index is 614. The molecular formula is C11H15N3O4S. The van der Waals surface area contributed by atoms with Crippen molar-refractivity contribution in [2.45, 2.75) is 18.2 Å². The smallest absolute Gasteiger partial charge is 0.312 e. The van der Waals surface area contributed by atoms with Crippen LogP contribution in [0.25, 0.3) is 0 Å². The van der Waals surface area contributed by atoms with Gasteiger partial charge >= 0.3 is 5.69 Å². The fraction of sp³-hybridized carbons (Fsp3) is 0.455. The second kappa shape index (κ2) is 4.78. The van der Waals surface area contributed by atoms with Gasteiger partial charge in [-0.25, -0.2) is 8.42 Å². The highest BCUT2D eigenvalue weighted by Crippen LogP contribution is 2.33. The van der Waals surface area contributed by atoms with E-state index in [0.717, 1.165) is 6.42 Å². The van der Waals surface area contributed by atoms with E-state index < -0.39 is 20.6 Å². The lowest BCUT2D eigenvalue weighted by molar-refractivity contribution is -0.386. The van der Waals surface area contributed by atoms with Crippen LogP contribution in [0.5, 0.6) is 0 Å². The maximum absolute atomic E-state index is 12.4. The summed E-state index contributed by atoms with van der Waals surface area (Å²) in [6, 6.07) is 3.96. The zero-order valence-electron chi connectivity index (χ0n) is 10.4. The number of anilines is 1. The molecule has 7 nitrogen and oxygen atoms in total. The first-order chi connectivity index (χ1) is 8.84. The monoisotopic (exact) mass is 285 g/mol. The zero-order valence-corrected chi connectivity index (χ0v) is 11.3. The van der Waals surface area contributed by atoms with Crippen LogP contribution in [0.2, 0.25) is 0 Å². The van der Waals surface area contributed by atoms with Crippen LogP contribution in [0.3, 0.4) is 0 Å². The van der Waals surface area contributed by atoms with E-state index in [1.165, 1.54) is 22.5 Å². The number of hydrogen-bond acceptors (Lipinski definition) is 5. The molecule has 104 valence electrons. The highest BCUT2D eigenvalue weighted by Gasteiger charge is 2.36. The number of nitrogen functional groups attached to an aromatic ring is 1. The van der Waals surface area contributed by atoms with Crippen LogP contribution in [-0.4, -0.2) is 30.7 Å². The first-order valence-electron chi connectivity index (χ1n) is 5.87. The lowest BCUT2D eigenvalue weighted by Crippen LogP contribution is -2.29. The van der Waals surface area contributed by atoms with Gasteiger partial charge in [-0.05, 0) is 24.5 Å². The maximum Gasteiger partial charge on any atom is 0.312 e. The van der Waals surface area contributed by atoms with Gasteiger partial charge in [0.2, 0.25) is 10.0 Å². The summed E-state index contributed by atoms with van der Waals surface area (Å²) in [6.45, 7) is 2.72. The number of benzene rings is 1. The number of para-hydroxylation sites is 1. The van der Waals surface area contributed by atoms with Crippen molar-refractivity contribution in [3.05, 3.63) is 28.3 Å². The minimum atomic E-state index is -3.86. The quantitative estimate of drug-likeness (QED) is 0.510. The highest BCUT2D eigenvalue weighted by atomic mass is 32.2. The Morgan fingerprint density at radius 3 is 2.68 bits per heavy atom. The van der Waals surface area contributed by atoms with Crippen LogP contribution in [0.15, 0.2) is 23.1 Å². The summed E-state index contributed by atoms with van der Waals surface area (Å²) >= 11 is 0. The molecule has 8 heteroatoms. The second-order valence-electron chi connectivity index (χ2n) is 4.71. The molecule has 2 N–H and O–H groups in total. The van der Waals surface area contributed by atoms with Crippen molar-refractivity contribution in [3.63, 3.8) is 0 Å². The number of nitrogens with zero attached hydrogens (tertiary/aromatic N) is 2. The number of nitro groups is 1. The maximum atomic E-state index is 12.4. The summed E-state index contributed by atoms with van der Waals surface area (Å²) in [6.07, 6.45) is 0.759. The Morgan fingerprint density at radius 2 is 2.16 bits per heavy atom. The third-order valence-electron chi connectivity index (χ3n) is 3.22. The molecule has 0 radical (unpaired) electrons. The molecule has 1 fully saturated rings. The van der Waals surface area contributed by atoms with Crippen molar-refractivity contribution in [2.75, 3.05) is 18.8 Å². The summed E-state index contributed by atoms with van der Waals surface area (Å²) in [5.74, 6) is 0.259. The van der Waals surface area contributed by atoms with E-state index in [1.807, 2.05) is 6.92 Å². The van der Waals surface area contributed by atoms with Gasteiger partial charge in [-0.1, -0.05) is 13.0 Å². The predicted molar refractivity (Wildman–Crippen MR) is 70.0 cm³/mol. The first-order valence-corrected chi connectivity index (χ1v) is 7.31. The first kappa shape index (κ1) is 13.8. The van der Waals surface area contributed by atoms with Crippen molar-refractivity contribution in [1.82, 2.24) is 4.31 Å². The molecule has 1 saturated heterocycles. The molecule has 1 aromatic carbocycles. The molecule has 0 amide bonds. The van der Waals surface area contributed by atoms with Crippen molar-refractivity contribution >= 4 is 21.4 Å². The van der Waals surface area contributed by atoms with Gasteiger partial charge in [0.25, 0.3) is 0 Å². The lowest BCUT2D eigenvalue weighted by Gasteiger charge is -2.16. The number of nitrogens with two attached hydrogens (primary N) is 1. The van der Waals surface area contributed by atoms with Gasteiger partial charge in [-0.3, -0.25) is 10.1 Å². The van der Waals surface area contributed by atoms with Gasteiger partial charge in [0, 0.05) is 13.1 Å². The van der Waals surface area contributed by atoms with Crippen LogP contribution in [-0.2, 0) is 10.0 Å². The van der Waals surface area contributed by atoms with Crippen molar-refractivity contribution in [2.24, 2.45) is 5.92 Å². The van der Waals surface area contributed by atoms with E-state index in [0.29, 0.717) is 13.1 Å². The van der Waals surface area contributed by atoms with Crippen LogP contribution in [0.1, 0.15) is 13.3 Å². The number of nitro benzene ring substituents is 1. The third-order valence-corrected chi connectivity index (χ3v) is 5.11. The topological polar surface area (TPSA) is 107 Å². The number of hydrogen-bond donors (Lipinski definition) is 1. The van der Waals surface area contributed by atoms with E-state index in [1.54, 1.807) is 0 Å².